The Kier molecular flexibility index (Phi) is 9.44. The van der Waals surface area contributed by atoms with E-state index in [1.54, 1.807) is 11.8 Å². The van der Waals surface area contributed by atoms with Gasteiger partial charge in [0.2, 0.25) is 5.91 Å². The first-order valence-corrected chi connectivity index (χ1v) is 7.75. The molecule has 1 amide bonds. The summed E-state index contributed by atoms with van der Waals surface area (Å²) in [6, 6.07) is 0. The third kappa shape index (κ3) is 6.33. The van der Waals surface area contributed by atoms with E-state index in [1.165, 1.54) is 0 Å². The molecule has 0 saturated carbocycles. The number of thioether (sulfide) groups is 2. The Morgan fingerprint density at radius 2 is 2.00 bits per heavy atom. The van der Waals surface area contributed by atoms with Gasteiger partial charge in [-0.3, -0.25) is 4.79 Å². The number of amides is 1. The lowest BCUT2D eigenvalue weighted by atomic mass is 10.2. The maximum absolute atomic E-state index is 11.7. The van der Waals surface area contributed by atoms with Gasteiger partial charge in [0, 0.05) is 18.3 Å². The highest BCUT2D eigenvalue weighted by Gasteiger charge is 2.20. The Morgan fingerprint density at radius 1 is 1.33 bits per heavy atom. The summed E-state index contributed by atoms with van der Waals surface area (Å²) in [5.41, 5.74) is 0. The van der Waals surface area contributed by atoms with Gasteiger partial charge < -0.3 is 10.6 Å². The van der Waals surface area contributed by atoms with Crippen LogP contribution in [0.15, 0.2) is 0 Å². The molecule has 0 heterocycles. The largest absolute Gasteiger partial charge is 0.355 e. The van der Waals surface area contributed by atoms with E-state index < -0.39 is 0 Å². The van der Waals surface area contributed by atoms with Gasteiger partial charge in [-0.05, 0) is 32.9 Å². The summed E-state index contributed by atoms with van der Waals surface area (Å²) in [6.07, 6.45) is 5.02. The van der Waals surface area contributed by atoms with E-state index in [4.69, 9.17) is 0 Å². The molecule has 0 aliphatic heterocycles. The number of rotatable bonds is 8. The van der Waals surface area contributed by atoms with E-state index in [0.717, 1.165) is 13.0 Å². The van der Waals surface area contributed by atoms with Crippen molar-refractivity contribution in [3.05, 3.63) is 0 Å². The van der Waals surface area contributed by atoms with E-state index in [1.807, 2.05) is 32.0 Å². The molecule has 15 heavy (non-hydrogen) atoms. The molecule has 0 bridgehead atoms. The second-order valence-electron chi connectivity index (χ2n) is 3.27. The first-order valence-electron chi connectivity index (χ1n) is 5.17. The van der Waals surface area contributed by atoms with Crippen molar-refractivity contribution in [3.8, 4) is 0 Å². The summed E-state index contributed by atoms with van der Waals surface area (Å²) in [5, 5.41) is 6.62. The van der Waals surface area contributed by atoms with Crippen molar-refractivity contribution in [2.45, 2.75) is 23.8 Å². The first kappa shape index (κ1) is 15.1. The van der Waals surface area contributed by atoms with Crippen LogP contribution in [0.1, 0.15) is 13.3 Å². The number of carbonyl (C=O) groups excluding carboxylic acids is 1. The minimum atomic E-state index is 0.0794. The smallest absolute Gasteiger partial charge is 0.233 e. The lowest BCUT2D eigenvalue weighted by Gasteiger charge is -2.19. The molecule has 0 aromatic heterocycles. The van der Waals surface area contributed by atoms with Gasteiger partial charge in [0.1, 0.15) is 0 Å². The summed E-state index contributed by atoms with van der Waals surface area (Å²) in [6.45, 7) is 3.62. The van der Waals surface area contributed by atoms with Gasteiger partial charge in [-0.2, -0.15) is 23.5 Å². The van der Waals surface area contributed by atoms with Crippen LogP contribution < -0.4 is 10.6 Å². The highest BCUT2D eigenvalue weighted by molar-refractivity contribution is 8.00. The van der Waals surface area contributed by atoms with Crippen LogP contribution in [-0.4, -0.2) is 49.1 Å². The van der Waals surface area contributed by atoms with Gasteiger partial charge in [-0.25, -0.2) is 0 Å². The lowest BCUT2D eigenvalue weighted by molar-refractivity contribution is -0.120. The van der Waals surface area contributed by atoms with Gasteiger partial charge in [0.05, 0.1) is 5.25 Å². The first-order chi connectivity index (χ1) is 7.19. The monoisotopic (exact) mass is 250 g/mol. The van der Waals surface area contributed by atoms with Crippen LogP contribution in [0, 0.1) is 0 Å². The van der Waals surface area contributed by atoms with Crippen LogP contribution in [0.2, 0.25) is 0 Å². The molecule has 0 radical (unpaired) electrons. The second-order valence-corrected chi connectivity index (χ2v) is 5.45. The van der Waals surface area contributed by atoms with Crippen LogP contribution in [0.4, 0.5) is 0 Å². The van der Waals surface area contributed by atoms with Crippen LogP contribution in [-0.2, 0) is 4.79 Å². The minimum Gasteiger partial charge on any atom is -0.355 e. The molecule has 0 aromatic carbocycles. The molecule has 0 aliphatic carbocycles. The molecule has 2 N–H and O–H groups in total. The van der Waals surface area contributed by atoms with Crippen molar-refractivity contribution in [2.75, 3.05) is 32.6 Å². The Hall–Kier alpha value is 0.130. The van der Waals surface area contributed by atoms with Gasteiger partial charge in [-0.1, -0.05) is 0 Å². The topological polar surface area (TPSA) is 41.1 Å². The van der Waals surface area contributed by atoms with Crippen molar-refractivity contribution >= 4 is 29.4 Å². The number of carbonyl (C=O) groups is 1. The molecule has 90 valence electrons. The molecule has 3 nitrogen and oxygen atoms in total. The molecule has 0 aliphatic rings. The van der Waals surface area contributed by atoms with E-state index in [-0.39, 0.29) is 11.2 Å². The average molecular weight is 250 g/mol. The van der Waals surface area contributed by atoms with E-state index in [2.05, 4.69) is 16.9 Å². The Bertz CT molecular complexity index is 179. The Labute approximate surface area is 102 Å². The molecule has 0 aromatic rings. The van der Waals surface area contributed by atoms with E-state index >= 15 is 0 Å². The fraction of sp³-hybridized carbons (Fsp3) is 0.900. The maximum Gasteiger partial charge on any atom is 0.233 e. The van der Waals surface area contributed by atoms with Crippen molar-refractivity contribution in [1.82, 2.24) is 10.6 Å². The van der Waals surface area contributed by atoms with Gasteiger partial charge in [0.15, 0.2) is 0 Å². The number of hydrogen-bond donors (Lipinski definition) is 2. The van der Waals surface area contributed by atoms with Gasteiger partial charge in [-0.15, -0.1) is 0 Å². The van der Waals surface area contributed by atoms with Crippen LogP contribution in [0.3, 0.4) is 0 Å². The highest BCUT2D eigenvalue weighted by Crippen LogP contribution is 2.20. The van der Waals surface area contributed by atoms with Crippen molar-refractivity contribution in [3.63, 3.8) is 0 Å². The third-order valence-corrected chi connectivity index (χ3v) is 4.17. The fourth-order valence-electron chi connectivity index (χ4n) is 1.33. The predicted molar refractivity (Wildman–Crippen MR) is 71.8 cm³/mol. The summed E-state index contributed by atoms with van der Waals surface area (Å²) in [5.74, 6) is 0.167. The molecule has 2 atom stereocenters. The van der Waals surface area contributed by atoms with E-state index in [9.17, 15) is 4.79 Å². The summed E-state index contributed by atoms with van der Waals surface area (Å²) >= 11 is 3.45. The zero-order chi connectivity index (χ0) is 11.7. The quantitative estimate of drug-likeness (QED) is 0.679. The molecule has 0 spiro atoms. The summed E-state index contributed by atoms with van der Waals surface area (Å²) < 4.78 is 0. The highest BCUT2D eigenvalue weighted by atomic mass is 32.2. The molecule has 2 unspecified atom stereocenters. The molecular formula is C10H22N2OS2. The van der Waals surface area contributed by atoms with Crippen molar-refractivity contribution in [1.29, 1.82) is 0 Å². The maximum atomic E-state index is 11.7. The molecular weight excluding hydrogens is 228 g/mol. The molecule has 0 fully saturated rings. The Balaban J connectivity index is 4.10. The zero-order valence-corrected chi connectivity index (χ0v) is 11.6. The Morgan fingerprint density at radius 3 is 2.40 bits per heavy atom. The second kappa shape index (κ2) is 9.36. The lowest BCUT2D eigenvalue weighted by Crippen LogP contribution is -2.35. The minimum absolute atomic E-state index is 0.0794. The normalized spacial score (nSPS) is 14.7. The average Bonchev–Trinajstić information content (AvgIpc) is 2.24. The SMILES string of the molecule is CCNC(=O)C(CC(CNC)SC)SC. The number of hydrogen-bond acceptors (Lipinski definition) is 4. The summed E-state index contributed by atoms with van der Waals surface area (Å²) in [7, 11) is 1.95. The van der Waals surface area contributed by atoms with Gasteiger partial charge >= 0.3 is 0 Å². The van der Waals surface area contributed by atoms with Crippen molar-refractivity contribution < 1.29 is 4.79 Å². The van der Waals surface area contributed by atoms with Crippen molar-refractivity contribution in [2.24, 2.45) is 0 Å². The van der Waals surface area contributed by atoms with Gasteiger partial charge in [0.25, 0.3) is 0 Å². The fourth-order valence-corrected chi connectivity index (χ4v) is 2.89. The predicted octanol–water partition coefficient (Wildman–Crippen LogP) is 1.20. The standard InChI is InChI=1S/C10H22N2OS2/c1-5-12-10(13)9(15-4)6-8(14-3)7-11-2/h8-9,11H,5-7H2,1-4H3,(H,12,13). The van der Waals surface area contributed by atoms with Crippen LogP contribution in [0.5, 0.6) is 0 Å². The molecule has 5 heteroatoms. The molecule has 0 rings (SSSR count). The van der Waals surface area contributed by atoms with Crippen LogP contribution in [0.25, 0.3) is 0 Å². The zero-order valence-electron chi connectivity index (χ0n) is 10.0. The summed E-state index contributed by atoms with van der Waals surface area (Å²) in [4.78, 5) is 11.7. The number of nitrogens with one attached hydrogen (secondary N) is 2. The van der Waals surface area contributed by atoms with Crippen LogP contribution >= 0.6 is 23.5 Å². The molecule has 0 saturated heterocycles. The van der Waals surface area contributed by atoms with E-state index in [0.29, 0.717) is 11.8 Å². The third-order valence-electron chi connectivity index (χ3n) is 2.17.